The maximum absolute atomic E-state index is 12.3. The second kappa shape index (κ2) is 6.55. The molecule has 0 spiro atoms. The van der Waals surface area contributed by atoms with E-state index >= 15 is 0 Å². The number of pyridine rings is 1. The lowest BCUT2D eigenvalue weighted by atomic mass is 10.1. The second-order valence-electron chi connectivity index (χ2n) is 5.29. The van der Waals surface area contributed by atoms with E-state index in [0.717, 1.165) is 25.0 Å². The smallest absolute Gasteiger partial charge is 0.251 e. The zero-order valence-corrected chi connectivity index (χ0v) is 11.6. The Morgan fingerprint density at radius 2 is 2.00 bits per heavy atom. The van der Waals surface area contributed by atoms with Crippen molar-refractivity contribution in [3.63, 3.8) is 0 Å². The summed E-state index contributed by atoms with van der Waals surface area (Å²) in [6.45, 7) is 2.01. The Morgan fingerprint density at radius 3 is 2.63 bits per heavy atom. The number of anilines is 1. The number of nitrogens with one attached hydrogen (secondary N) is 1. The van der Waals surface area contributed by atoms with Gasteiger partial charge in [0.2, 0.25) is 0 Å². The molecule has 19 heavy (non-hydrogen) atoms. The van der Waals surface area contributed by atoms with E-state index in [1.165, 1.54) is 25.7 Å². The summed E-state index contributed by atoms with van der Waals surface area (Å²) >= 11 is 0. The van der Waals surface area contributed by atoms with E-state index in [9.17, 15) is 4.79 Å². The average Bonchev–Trinajstić information content (AvgIpc) is 2.66. The number of aryl methyl sites for hydroxylation is 1. The summed E-state index contributed by atoms with van der Waals surface area (Å²) in [5.41, 5.74) is 7.24. The van der Waals surface area contributed by atoms with Crippen LogP contribution in [0.15, 0.2) is 12.1 Å². The number of rotatable bonds is 3. The van der Waals surface area contributed by atoms with E-state index in [-0.39, 0.29) is 5.91 Å². The first-order valence-corrected chi connectivity index (χ1v) is 7.26. The van der Waals surface area contributed by atoms with Gasteiger partial charge in [-0.3, -0.25) is 4.79 Å². The summed E-state index contributed by atoms with van der Waals surface area (Å²) in [4.78, 5) is 16.4. The van der Waals surface area contributed by atoms with Gasteiger partial charge >= 0.3 is 0 Å². The lowest BCUT2D eigenvalue weighted by Crippen LogP contribution is -2.34. The van der Waals surface area contributed by atoms with Gasteiger partial charge in [0, 0.05) is 17.3 Å². The third-order valence-corrected chi connectivity index (χ3v) is 3.71. The zero-order valence-electron chi connectivity index (χ0n) is 11.6. The minimum atomic E-state index is -0.0179. The molecule has 0 atom stereocenters. The summed E-state index contributed by atoms with van der Waals surface area (Å²) in [5, 5.41) is 3.13. The fourth-order valence-corrected chi connectivity index (χ4v) is 2.62. The quantitative estimate of drug-likeness (QED) is 0.822. The first-order valence-electron chi connectivity index (χ1n) is 7.26. The molecule has 3 N–H and O–H groups in total. The van der Waals surface area contributed by atoms with Crippen LogP contribution in [0.3, 0.4) is 0 Å². The maximum atomic E-state index is 12.3. The lowest BCUT2D eigenvalue weighted by Gasteiger charge is -2.16. The van der Waals surface area contributed by atoms with Crippen molar-refractivity contribution in [1.29, 1.82) is 0 Å². The number of hydrogen-bond donors (Lipinski definition) is 2. The molecule has 0 bridgehead atoms. The van der Waals surface area contributed by atoms with E-state index in [1.54, 1.807) is 6.07 Å². The number of amides is 1. The van der Waals surface area contributed by atoms with Crippen molar-refractivity contribution < 1.29 is 4.79 Å². The summed E-state index contributed by atoms with van der Waals surface area (Å²) in [6.07, 6.45) is 7.96. The third kappa shape index (κ3) is 3.94. The predicted octanol–water partition coefficient (Wildman–Crippen LogP) is 2.68. The molecule has 0 aromatic carbocycles. The Balaban J connectivity index is 2.04. The number of nitrogens with zero attached hydrogens (tertiary/aromatic N) is 1. The number of aromatic nitrogens is 1. The molecule has 1 aromatic rings. The van der Waals surface area contributed by atoms with Gasteiger partial charge < -0.3 is 11.1 Å². The van der Waals surface area contributed by atoms with Crippen LogP contribution in [0.5, 0.6) is 0 Å². The van der Waals surface area contributed by atoms with E-state index in [4.69, 9.17) is 5.73 Å². The van der Waals surface area contributed by atoms with Crippen molar-refractivity contribution in [3.8, 4) is 0 Å². The fraction of sp³-hybridized carbons (Fsp3) is 0.600. The standard InChI is InChI=1S/C15H23N3O/c1-2-12-9-11(10-14(16)17-12)15(19)18-13-7-5-3-4-6-8-13/h9-10,13H,2-8H2,1H3,(H2,16,17)(H,18,19). The Morgan fingerprint density at radius 1 is 1.32 bits per heavy atom. The van der Waals surface area contributed by atoms with Gasteiger partial charge in [0.1, 0.15) is 5.82 Å². The van der Waals surface area contributed by atoms with Gasteiger partial charge in [-0.15, -0.1) is 0 Å². The summed E-state index contributed by atoms with van der Waals surface area (Å²) < 4.78 is 0. The summed E-state index contributed by atoms with van der Waals surface area (Å²) in [7, 11) is 0. The number of hydrogen-bond acceptors (Lipinski definition) is 3. The molecule has 0 saturated heterocycles. The molecule has 2 rings (SSSR count). The minimum Gasteiger partial charge on any atom is -0.384 e. The number of carbonyl (C=O) groups excluding carboxylic acids is 1. The van der Waals surface area contributed by atoms with Gasteiger partial charge in [0.05, 0.1) is 0 Å². The highest BCUT2D eigenvalue weighted by atomic mass is 16.1. The van der Waals surface area contributed by atoms with Crippen LogP contribution in [0.4, 0.5) is 5.82 Å². The molecule has 1 fully saturated rings. The molecular weight excluding hydrogens is 238 g/mol. The highest BCUT2D eigenvalue weighted by Crippen LogP contribution is 2.18. The Hall–Kier alpha value is -1.58. The molecule has 4 heteroatoms. The van der Waals surface area contributed by atoms with E-state index in [0.29, 0.717) is 17.4 Å². The lowest BCUT2D eigenvalue weighted by molar-refractivity contribution is 0.0933. The van der Waals surface area contributed by atoms with Crippen molar-refractivity contribution in [2.45, 2.75) is 57.9 Å². The molecule has 1 aromatic heterocycles. The molecule has 0 radical (unpaired) electrons. The molecule has 104 valence electrons. The van der Waals surface area contributed by atoms with Crippen LogP contribution in [-0.2, 0) is 6.42 Å². The predicted molar refractivity (Wildman–Crippen MR) is 77.0 cm³/mol. The van der Waals surface area contributed by atoms with Gasteiger partial charge in [0.25, 0.3) is 5.91 Å². The molecule has 0 unspecified atom stereocenters. The van der Waals surface area contributed by atoms with Gasteiger partial charge in [-0.1, -0.05) is 32.6 Å². The van der Waals surface area contributed by atoms with Crippen LogP contribution in [0.1, 0.15) is 61.5 Å². The van der Waals surface area contributed by atoms with Gasteiger partial charge in [-0.25, -0.2) is 4.98 Å². The van der Waals surface area contributed by atoms with Crippen LogP contribution in [-0.4, -0.2) is 16.9 Å². The summed E-state index contributed by atoms with van der Waals surface area (Å²) in [6, 6.07) is 3.81. The molecule has 1 saturated carbocycles. The highest BCUT2D eigenvalue weighted by molar-refractivity contribution is 5.95. The largest absolute Gasteiger partial charge is 0.384 e. The molecule has 4 nitrogen and oxygen atoms in total. The first kappa shape index (κ1) is 13.8. The highest BCUT2D eigenvalue weighted by Gasteiger charge is 2.16. The molecule has 1 amide bonds. The van der Waals surface area contributed by atoms with Crippen molar-refractivity contribution in [2.75, 3.05) is 5.73 Å². The SMILES string of the molecule is CCc1cc(C(=O)NC2CCCCCC2)cc(N)n1. The van der Waals surface area contributed by atoms with Crippen molar-refractivity contribution in [3.05, 3.63) is 23.4 Å². The molecule has 0 aliphatic heterocycles. The number of nitrogens with two attached hydrogens (primary N) is 1. The molecule has 1 aliphatic carbocycles. The maximum Gasteiger partial charge on any atom is 0.251 e. The first-order chi connectivity index (χ1) is 9.19. The molecular formula is C15H23N3O. The summed E-state index contributed by atoms with van der Waals surface area (Å²) in [5.74, 6) is 0.404. The fourth-order valence-electron chi connectivity index (χ4n) is 2.62. The van der Waals surface area contributed by atoms with Crippen LogP contribution >= 0.6 is 0 Å². The van der Waals surface area contributed by atoms with Crippen LogP contribution in [0.25, 0.3) is 0 Å². The Labute approximate surface area is 114 Å². The van der Waals surface area contributed by atoms with Crippen molar-refractivity contribution in [2.24, 2.45) is 0 Å². The van der Waals surface area contributed by atoms with E-state index < -0.39 is 0 Å². The van der Waals surface area contributed by atoms with Crippen LogP contribution < -0.4 is 11.1 Å². The van der Waals surface area contributed by atoms with Crippen LogP contribution in [0, 0.1) is 0 Å². The topological polar surface area (TPSA) is 68.0 Å². The second-order valence-corrected chi connectivity index (χ2v) is 5.29. The zero-order chi connectivity index (χ0) is 13.7. The van der Waals surface area contributed by atoms with E-state index in [2.05, 4.69) is 10.3 Å². The van der Waals surface area contributed by atoms with Crippen molar-refractivity contribution >= 4 is 11.7 Å². The number of nitrogen functional groups attached to an aromatic ring is 1. The molecule has 1 aliphatic rings. The third-order valence-electron chi connectivity index (χ3n) is 3.71. The van der Waals surface area contributed by atoms with Gasteiger partial charge in [0.15, 0.2) is 0 Å². The molecule has 1 heterocycles. The Bertz CT molecular complexity index is 437. The number of carbonyl (C=O) groups is 1. The normalized spacial score (nSPS) is 16.9. The van der Waals surface area contributed by atoms with E-state index in [1.807, 2.05) is 13.0 Å². The Kier molecular flexibility index (Phi) is 4.77. The van der Waals surface area contributed by atoms with Crippen LogP contribution in [0.2, 0.25) is 0 Å². The van der Waals surface area contributed by atoms with Gasteiger partial charge in [-0.2, -0.15) is 0 Å². The monoisotopic (exact) mass is 261 g/mol. The minimum absolute atomic E-state index is 0.0179. The average molecular weight is 261 g/mol. The van der Waals surface area contributed by atoms with Crippen molar-refractivity contribution in [1.82, 2.24) is 10.3 Å². The van der Waals surface area contributed by atoms with Gasteiger partial charge in [-0.05, 0) is 31.4 Å².